The molecule has 3 nitrogen and oxygen atoms in total. The number of carboxylic acid groups (broad SMARTS) is 1. The van der Waals surface area contributed by atoms with E-state index in [1.165, 1.54) is 24.3 Å². The van der Waals surface area contributed by atoms with Crippen LogP contribution in [0.5, 0.6) is 11.5 Å². The SMILES string of the molecule is Cc1cc(C(=O)O)ccc1Oc1cc(F)ccc1Br. The summed E-state index contributed by atoms with van der Waals surface area (Å²) in [5, 5.41) is 8.87. The van der Waals surface area contributed by atoms with E-state index in [1.54, 1.807) is 19.1 Å². The molecule has 0 saturated carbocycles. The van der Waals surface area contributed by atoms with E-state index < -0.39 is 11.8 Å². The van der Waals surface area contributed by atoms with Crippen molar-refractivity contribution in [1.29, 1.82) is 0 Å². The van der Waals surface area contributed by atoms with E-state index in [0.717, 1.165) is 0 Å². The Labute approximate surface area is 117 Å². The minimum absolute atomic E-state index is 0.183. The number of carbonyl (C=O) groups is 1. The average molecular weight is 325 g/mol. The molecule has 0 spiro atoms. The van der Waals surface area contributed by atoms with Crippen LogP contribution < -0.4 is 4.74 Å². The molecule has 0 aromatic heterocycles. The predicted molar refractivity (Wildman–Crippen MR) is 72.3 cm³/mol. The lowest BCUT2D eigenvalue weighted by atomic mass is 10.1. The van der Waals surface area contributed by atoms with Crippen LogP contribution in [0.2, 0.25) is 0 Å². The van der Waals surface area contributed by atoms with Crippen molar-refractivity contribution >= 4 is 21.9 Å². The lowest BCUT2D eigenvalue weighted by molar-refractivity contribution is 0.0697. The van der Waals surface area contributed by atoms with E-state index in [-0.39, 0.29) is 5.56 Å². The summed E-state index contributed by atoms with van der Waals surface area (Å²) < 4.78 is 19.3. The van der Waals surface area contributed by atoms with Gasteiger partial charge in [-0.3, -0.25) is 0 Å². The molecule has 0 saturated heterocycles. The Morgan fingerprint density at radius 2 is 1.95 bits per heavy atom. The summed E-state index contributed by atoms with van der Waals surface area (Å²) in [4.78, 5) is 10.8. The largest absolute Gasteiger partial charge is 0.478 e. The lowest BCUT2D eigenvalue weighted by Crippen LogP contribution is -1.97. The van der Waals surface area contributed by atoms with Crippen molar-refractivity contribution in [3.05, 3.63) is 57.8 Å². The van der Waals surface area contributed by atoms with E-state index in [1.807, 2.05) is 0 Å². The number of aryl methyl sites for hydroxylation is 1. The first-order valence-electron chi connectivity index (χ1n) is 5.44. The number of rotatable bonds is 3. The van der Waals surface area contributed by atoms with Gasteiger partial charge >= 0.3 is 5.97 Å². The first-order valence-corrected chi connectivity index (χ1v) is 6.23. The standard InChI is InChI=1S/C14H10BrFO3/c1-8-6-9(14(17)18)2-5-12(8)19-13-7-10(16)3-4-11(13)15/h2-7H,1H3,(H,17,18). The van der Waals surface area contributed by atoms with Gasteiger partial charge in [0, 0.05) is 6.07 Å². The Bertz CT molecular complexity index is 641. The van der Waals surface area contributed by atoms with Gasteiger partial charge in [-0.2, -0.15) is 0 Å². The first-order chi connectivity index (χ1) is 8.97. The molecule has 2 aromatic carbocycles. The zero-order valence-electron chi connectivity index (χ0n) is 9.98. The molecule has 0 atom stereocenters. The van der Waals surface area contributed by atoms with Gasteiger partial charge in [0.05, 0.1) is 10.0 Å². The van der Waals surface area contributed by atoms with Gasteiger partial charge < -0.3 is 9.84 Å². The number of aromatic carboxylic acids is 1. The van der Waals surface area contributed by atoms with Gasteiger partial charge in [0.2, 0.25) is 0 Å². The van der Waals surface area contributed by atoms with Gasteiger partial charge in [-0.25, -0.2) is 9.18 Å². The molecule has 0 bridgehead atoms. The molecule has 2 aromatic rings. The maximum absolute atomic E-state index is 13.1. The van der Waals surface area contributed by atoms with Gasteiger partial charge in [0.15, 0.2) is 0 Å². The molecule has 19 heavy (non-hydrogen) atoms. The molecule has 0 aliphatic carbocycles. The zero-order chi connectivity index (χ0) is 14.0. The Kier molecular flexibility index (Phi) is 3.85. The number of ether oxygens (including phenoxy) is 1. The second-order valence-corrected chi connectivity index (χ2v) is 4.82. The summed E-state index contributed by atoms with van der Waals surface area (Å²) >= 11 is 3.26. The fraction of sp³-hybridized carbons (Fsp3) is 0.0714. The van der Waals surface area contributed by atoms with Gasteiger partial charge in [0.1, 0.15) is 17.3 Å². The van der Waals surface area contributed by atoms with E-state index >= 15 is 0 Å². The molecule has 98 valence electrons. The molecule has 2 rings (SSSR count). The minimum atomic E-state index is -0.999. The Morgan fingerprint density at radius 1 is 1.21 bits per heavy atom. The third kappa shape index (κ3) is 3.12. The van der Waals surface area contributed by atoms with Crippen LogP contribution in [0.15, 0.2) is 40.9 Å². The summed E-state index contributed by atoms with van der Waals surface area (Å²) in [7, 11) is 0. The maximum Gasteiger partial charge on any atom is 0.335 e. The molecule has 1 N–H and O–H groups in total. The van der Waals surface area contributed by atoms with E-state index in [0.29, 0.717) is 21.5 Å². The Hall–Kier alpha value is -1.88. The zero-order valence-corrected chi connectivity index (χ0v) is 11.6. The molecular formula is C14H10BrFO3. The summed E-state index contributed by atoms with van der Waals surface area (Å²) in [6.45, 7) is 1.73. The number of benzene rings is 2. The molecule has 0 aliphatic rings. The molecular weight excluding hydrogens is 315 g/mol. The molecule has 5 heteroatoms. The first kappa shape index (κ1) is 13.5. The van der Waals surface area contributed by atoms with Crippen LogP contribution in [-0.4, -0.2) is 11.1 Å². The molecule has 0 radical (unpaired) electrons. The number of halogens is 2. The van der Waals surface area contributed by atoms with Crippen LogP contribution >= 0.6 is 15.9 Å². The second kappa shape index (κ2) is 5.40. The van der Waals surface area contributed by atoms with Crippen molar-refractivity contribution in [1.82, 2.24) is 0 Å². The highest BCUT2D eigenvalue weighted by Crippen LogP contribution is 2.32. The van der Waals surface area contributed by atoms with Gasteiger partial charge in [0.25, 0.3) is 0 Å². The molecule has 0 heterocycles. The Morgan fingerprint density at radius 3 is 2.58 bits per heavy atom. The van der Waals surface area contributed by atoms with Crippen molar-refractivity contribution in [3.8, 4) is 11.5 Å². The quantitative estimate of drug-likeness (QED) is 0.910. The van der Waals surface area contributed by atoms with E-state index in [4.69, 9.17) is 9.84 Å². The van der Waals surface area contributed by atoms with Gasteiger partial charge in [-0.05, 0) is 58.7 Å². The van der Waals surface area contributed by atoms with Crippen molar-refractivity contribution in [2.45, 2.75) is 6.92 Å². The van der Waals surface area contributed by atoms with Crippen LogP contribution in [0.3, 0.4) is 0 Å². The van der Waals surface area contributed by atoms with Crippen molar-refractivity contribution in [2.24, 2.45) is 0 Å². The van der Waals surface area contributed by atoms with Crippen molar-refractivity contribution in [3.63, 3.8) is 0 Å². The van der Waals surface area contributed by atoms with E-state index in [9.17, 15) is 9.18 Å². The third-order valence-electron chi connectivity index (χ3n) is 2.54. The van der Waals surface area contributed by atoms with Crippen LogP contribution in [0.4, 0.5) is 4.39 Å². The average Bonchev–Trinajstić information content (AvgIpc) is 2.36. The number of hydrogen-bond acceptors (Lipinski definition) is 2. The Balaban J connectivity index is 2.33. The van der Waals surface area contributed by atoms with Gasteiger partial charge in [-0.1, -0.05) is 0 Å². The summed E-state index contributed by atoms with van der Waals surface area (Å²) in [6, 6.07) is 8.62. The molecule has 0 aliphatic heterocycles. The monoisotopic (exact) mass is 324 g/mol. The van der Waals surface area contributed by atoms with E-state index in [2.05, 4.69) is 15.9 Å². The fourth-order valence-corrected chi connectivity index (χ4v) is 1.90. The van der Waals surface area contributed by atoms with Gasteiger partial charge in [-0.15, -0.1) is 0 Å². The highest BCUT2D eigenvalue weighted by molar-refractivity contribution is 9.10. The summed E-state index contributed by atoms with van der Waals surface area (Å²) in [5.41, 5.74) is 0.846. The highest BCUT2D eigenvalue weighted by Gasteiger charge is 2.09. The van der Waals surface area contributed by atoms with Crippen molar-refractivity contribution < 1.29 is 19.0 Å². The minimum Gasteiger partial charge on any atom is -0.478 e. The lowest BCUT2D eigenvalue weighted by Gasteiger charge is -2.10. The second-order valence-electron chi connectivity index (χ2n) is 3.96. The fourth-order valence-electron chi connectivity index (χ4n) is 1.57. The number of carboxylic acids is 1. The molecule has 0 unspecified atom stereocenters. The summed E-state index contributed by atoms with van der Waals surface area (Å²) in [6.07, 6.45) is 0. The molecule has 0 amide bonds. The smallest absolute Gasteiger partial charge is 0.335 e. The topological polar surface area (TPSA) is 46.5 Å². The number of hydrogen-bond donors (Lipinski definition) is 1. The third-order valence-corrected chi connectivity index (χ3v) is 3.19. The van der Waals surface area contributed by atoms with Crippen molar-refractivity contribution in [2.75, 3.05) is 0 Å². The maximum atomic E-state index is 13.1. The summed E-state index contributed by atoms with van der Waals surface area (Å²) in [5.74, 6) is -0.581. The van der Waals surface area contributed by atoms with Crippen LogP contribution in [0.1, 0.15) is 15.9 Å². The highest BCUT2D eigenvalue weighted by atomic mass is 79.9. The van der Waals surface area contributed by atoms with Crippen LogP contribution in [0.25, 0.3) is 0 Å². The van der Waals surface area contributed by atoms with Crippen LogP contribution in [-0.2, 0) is 0 Å². The predicted octanol–water partition coefficient (Wildman–Crippen LogP) is 4.39. The normalized spacial score (nSPS) is 10.3. The van der Waals surface area contributed by atoms with Crippen LogP contribution in [0, 0.1) is 12.7 Å². The molecule has 0 fully saturated rings.